The standard InChI is InChI=1S/C8H6ClFO2/c9-7-3-5(4-10)1-2-6(7)8(11)12/h1-3H,4H2,(H,11,12). The molecule has 0 saturated carbocycles. The van der Waals surface area contributed by atoms with E-state index in [0.29, 0.717) is 5.56 Å². The topological polar surface area (TPSA) is 37.3 Å². The molecule has 0 aromatic heterocycles. The Hall–Kier alpha value is -1.09. The normalized spacial score (nSPS) is 9.83. The molecule has 12 heavy (non-hydrogen) atoms. The summed E-state index contributed by atoms with van der Waals surface area (Å²) in [5.74, 6) is -1.11. The predicted octanol–water partition coefficient (Wildman–Crippen LogP) is 2.51. The first-order valence-corrected chi connectivity index (χ1v) is 3.60. The van der Waals surface area contributed by atoms with Crippen LogP contribution in [0.2, 0.25) is 5.02 Å². The first-order chi connectivity index (χ1) is 5.65. The number of hydrogen-bond donors (Lipinski definition) is 1. The van der Waals surface area contributed by atoms with Gasteiger partial charge in [0.2, 0.25) is 0 Å². The zero-order valence-electron chi connectivity index (χ0n) is 6.05. The fourth-order valence-electron chi connectivity index (χ4n) is 0.815. The molecule has 2 nitrogen and oxygen atoms in total. The number of aromatic carboxylic acids is 1. The van der Waals surface area contributed by atoms with Gasteiger partial charge in [-0.15, -0.1) is 0 Å². The molecule has 1 aromatic carbocycles. The Morgan fingerprint density at radius 2 is 2.25 bits per heavy atom. The van der Waals surface area contributed by atoms with Gasteiger partial charge in [0.1, 0.15) is 6.67 Å². The van der Waals surface area contributed by atoms with Crippen molar-refractivity contribution >= 4 is 17.6 Å². The summed E-state index contributed by atoms with van der Waals surface area (Å²) in [5, 5.41) is 8.62. The van der Waals surface area contributed by atoms with E-state index >= 15 is 0 Å². The van der Waals surface area contributed by atoms with Gasteiger partial charge in [-0.3, -0.25) is 0 Å². The van der Waals surface area contributed by atoms with E-state index in [1.807, 2.05) is 0 Å². The summed E-state index contributed by atoms with van der Waals surface area (Å²) in [5.41, 5.74) is 0.374. The van der Waals surface area contributed by atoms with Gasteiger partial charge < -0.3 is 5.11 Å². The molecule has 0 heterocycles. The van der Waals surface area contributed by atoms with E-state index in [1.54, 1.807) is 0 Å². The molecule has 0 aliphatic carbocycles. The number of carbonyl (C=O) groups is 1. The first-order valence-electron chi connectivity index (χ1n) is 3.23. The fraction of sp³-hybridized carbons (Fsp3) is 0.125. The van der Waals surface area contributed by atoms with Crippen LogP contribution in [0.15, 0.2) is 18.2 Å². The molecule has 0 bridgehead atoms. The van der Waals surface area contributed by atoms with Gasteiger partial charge in [-0.05, 0) is 17.7 Å². The second-order valence-corrected chi connectivity index (χ2v) is 2.66. The van der Waals surface area contributed by atoms with Crippen LogP contribution in [0.25, 0.3) is 0 Å². The summed E-state index contributed by atoms with van der Waals surface area (Å²) in [7, 11) is 0. The Morgan fingerprint density at radius 1 is 1.58 bits per heavy atom. The van der Waals surface area contributed by atoms with Gasteiger partial charge >= 0.3 is 5.97 Å². The van der Waals surface area contributed by atoms with E-state index in [4.69, 9.17) is 16.7 Å². The van der Waals surface area contributed by atoms with Crippen molar-refractivity contribution < 1.29 is 14.3 Å². The van der Waals surface area contributed by atoms with Gasteiger partial charge in [0.05, 0.1) is 10.6 Å². The molecule has 0 saturated heterocycles. The van der Waals surface area contributed by atoms with Crippen LogP contribution < -0.4 is 0 Å². The minimum Gasteiger partial charge on any atom is -0.478 e. The van der Waals surface area contributed by atoms with E-state index in [2.05, 4.69) is 0 Å². The zero-order chi connectivity index (χ0) is 9.14. The molecular formula is C8H6ClFO2. The van der Waals surface area contributed by atoms with Gasteiger partial charge in [-0.1, -0.05) is 17.7 Å². The molecule has 0 radical (unpaired) electrons. The molecule has 0 unspecified atom stereocenters. The van der Waals surface area contributed by atoms with Crippen molar-refractivity contribution in [2.45, 2.75) is 6.67 Å². The van der Waals surface area contributed by atoms with E-state index in [1.165, 1.54) is 18.2 Å². The number of carboxylic acids is 1. The molecule has 0 fully saturated rings. The van der Waals surface area contributed by atoms with E-state index in [-0.39, 0.29) is 10.6 Å². The van der Waals surface area contributed by atoms with Crippen LogP contribution in [-0.4, -0.2) is 11.1 Å². The summed E-state index contributed by atoms with van der Waals surface area (Å²) < 4.78 is 12.0. The lowest BCUT2D eigenvalue weighted by Gasteiger charge is -1.99. The molecule has 64 valence electrons. The number of carboxylic acid groups (broad SMARTS) is 1. The first kappa shape index (κ1) is 9.00. The minimum absolute atomic E-state index is 0.00568. The lowest BCUT2D eigenvalue weighted by atomic mass is 10.1. The largest absolute Gasteiger partial charge is 0.478 e. The zero-order valence-corrected chi connectivity index (χ0v) is 6.81. The summed E-state index contributed by atoms with van der Waals surface area (Å²) in [4.78, 5) is 10.4. The molecule has 0 aliphatic rings. The van der Waals surface area contributed by atoms with Crippen LogP contribution >= 0.6 is 11.6 Å². The number of hydrogen-bond acceptors (Lipinski definition) is 1. The Bertz CT molecular complexity index is 312. The second-order valence-electron chi connectivity index (χ2n) is 2.25. The minimum atomic E-state index is -1.11. The van der Waals surface area contributed by atoms with Crippen molar-refractivity contribution in [3.05, 3.63) is 34.3 Å². The van der Waals surface area contributed by atoms with Gasteiger partial charge in [0.15, 0.2) is 0 Å². The molecule has 0 aliphatic heterocycles. The van der Waals surface area contributed by atoms with Crippen LogP contribution in [-0.2, 0) is 6.67 Å². The highest BCUT2D eigenvalue weighted by atomic mass is 35.5. The van der Waals surface area contributed by atoms with Gasteiger partial charge in [0.25, 0.3) is 0 Å². The second kappa shape index (κ2) is 3.54. The molecule has 1 N–H and O–H groups in total. The smallest absolute Gasteiger partial charge is 0.337 e. The molecular weight excluding hydrogens is 183 g/mol. The lowest BCUT2D eigenvalue weighted by molar-refractivity contribution is 0.0697. The summed E-state index contributed by atoms with van der Waals surface area (Å²) in [6, 6.07) is 4.00. The molecule has 1 aromatic rings. The molecule has 0 spiro atoms. The van der Waals surface area contributed by atoms with Crippen molar-refractivity contribution in [1.29, 1.82) is 0 Å². The molecule has 0 atom stereocenters. The van der Waals surface area contributed by atoms with Crippen molar-refractivity contribution in [2.24, 2.45) is 0 Å². The number of rotatable bonds is 2. The lowest BCUT2D eigenvalue weighted by Crippen LogP contribution is -1.97. The number of alkyl halides is 1. The summed E-state index contributed by atoms with van der Waals surface area (Å²) in [6.45, 7) is -0.639. The maximum atomic E-state index is 12.0. The van der Waals surface area contributed by atoms with Gasteiger partial charge in [-0.25, -0.2) is 9.18 Å². The van der Waals surface area contributed by atoms with Crippen molar-refractivity contribution in [1.82, 2.24) is 0 Å². The monoisotopic (exact) mass is 188 g/mol. The maximum absolute atomic E-state index is 12.0. The highest BCUT2D eigenvalue weighted by molar-refractivity contribution is 6.33. The third-order valence-electron chi connectivity index (χ3n) is 1.42. The third kappa shape index (κ3) is 1.74. The average Bonchev–Trinajstić information content (AvgIpc) is 2.03. The van der Waals surface area contributed by atoms with Crippen LogP contribution in [0.5, 0.6) is 0 Å². The Kier molecular flexibility index (Phi) is 2.65. The van der Waals surface area contributed by atoms with Crippen LogP contribution in [0.1, 0.15) is 15.9 Å². The Morgan fingerprint density at radius 3 is 2.67 bits per heavy atom. The summed E-state index contributed by atoms with van der Waals surface area (Å²) >= 11 is 5.56. The Labute approximate surface area is 73.6 Å². The van der Waals surface area contributed by atoms with E-state index < -0.39 is 12.6 Å². The predicted molar refractivity (Wildman–Crippen MR) is 43.2 cm³/mol. The molecule has 4 heteroatoms. The van der Waals surface area contributed by atoms with Crippen LogP contribution in [0, 0.1) is 0 Å². The highest BCUT2D eigenvalue weighted by Crippen LogP contribution is 2.18. The Balaban J connectivity index is 3.12. The van der Waals surface area contributed by atoms with Gasteiger partial charge in [-0.2, -0.15) is 0 Å². The number of benzene rings is 1. The van der Waals surface area contributed by atoms with Gasteiger partial charge in [0, 0.05) is 0 Å². The SMILES string of the molecule is O=C(O)c1ccc(CF)cc1Cl. The van der Waals surface area contributed by atoms with Crippen molar-refractivity contribution in [3.8, 4) is 0 Å². The van der Waals surface area contributed by atoms with Crippen molar-refractivity contribution in [3.63, 3.8) is 0 Å². The van der Waals surface area contributed by atoms with Crippen LogP contribution in [0.3, 0.4) is 0 Å². The molecule has 0 amide bonds. The van der Waals surface area contributed by atoms with E-state index in [9.17, 15) is 9.18 Å². The van der Waals surface area contributed by atoms with Crippen LogP contribution in [0.4, 0.5) is 4.39 Å². The summed E-state index contributed by atoms with van der Waals surface area (Å²) in [6.07, 6.45) is 0. The van der Waals surface area contributed by atoms with E-state index in [0.717, 1.165) is 0 Å². The average molecular weight is 189 g/mol. The quantitative estimate of drug-likeness (QED) is 0.774. The maximum Gasteiger partial charge on any atom is 0.337 e. The van der Waals surface area contributed by atoms with Crippen molar-refractivity contribution in [2.75, 3.05) is 0 Å². The third-order valence-corrected chi connectivity index (χ3v) is 1.73. The number of halogens is 2. The highest BCUT2D eigenvalue weighted by Gasteiger charge is 2.07. The fourth-order valence-corrected chi connectivity index (χ4v) is 1.10. The molecule has 1 rings (SSSR count).